The molecule has 0 spiro atoms. The van der Waals surface area contributed by atoms with Crippen LogP contribution in [0.1, 0.15) is 28.4 Å². The van der Waals surface area contributed by atoms with Crippen LogP contribution >= 0.6 is 33.9 Å². The van der Waals surface area contributed by atoms with Crippen molar-refractivity contribution in [3.63, 3.8) is 0 Å². The van der Waals surface area contributed by atoms with E-state index in [1.807, 2.05) is 25.3 Å². The fraction of sp³-hybridized carbons (Fsp3) is 0.357. The number of methoxy groups -OCH3 is 2. The Bertz CT molecular complexity index is 1480. The Morgan fingerprint density at radius 2 is 1.82 bits per heavy atom. The number of hydrogen-bond acceptors (Lipinski definition) is 10. The molecule has 0 radical (unpaired) electrons. The van der Waals surface area contributed by atoms with Crippen molar-refractivity contribution in [2.45, 2.75) is 20.4 Å². The zero-order valence-electron chi connectivity index (χ0n) is 23.0. The Balaban J connectivity index is 1.31. The average molecular weight is 674 g/mol. The van der Waals surface area contributed by atoms with Crippen molar-refractivity contribution in [3.05, 3.63) is 56.4 Å². The van der Waals surface area contributed by atoms with Gasteiger partial charge in [0.25, 0.3) is 5.91 Å². The van der Waals surface area contributed by atoms with Crippen LogP contribution in [-0.2, 0) is 6.54 Å². The molecule has 40 heavy (non-hydrogen) atoms. The zero-order valence-corrected chi connectivity index (χ0v) is 25.9. The molecule has 4 heterocycles. The number of halogens is 1. The number of nitrogens with zero attached hydrogens (tertiary/aromatic N) is 5. The molecule has 2 N–H and O–H groups in total. The number of amides is 1. The predicted molar refractivity (Wildman–Crippen MR) is 167 cm³/mol. The molecule has 0 bridgehead atoms. The molecule has 1 saturated heterocycles. The van der Waals surface area contributed by atoms with Crippen molar-refractivity contribution >= 4 is 67.4 Å². The minimum absolute atomic E-state index is 0.269. The molecule has 0 atom stereocenters. The van der Waals surface area contributed by atoms with Gasteiger partial charge in [-0.2, -0.15) is 0 Å². The van der Waals surface area contributed by atoms with Gasteiger partial charge < -0.3 is 25.0 Å². The second kappa shape index (κ2) is 12.6. The van der Waals surface area contributed by atoms with E-state index in [9.17, 15) is 4.79 Å². The monoisotopic (exact) mass is 673 g/mol. The molecule has 0 aliphatic carbocycles. The first-order chi connectivity index (χ1) is 19.4. The molecule has 3 aromatic heterocycles. The fourth-order valence-corrected chi connectivity index (χ4v) is 6.59. The number of thiophene rings is 1. The molecule has 1 aromatic carbocycles. The lowest BCUT2D eigenvalue weighted by Crippen LogP contribution is -2.45. The zero-order chi connectivity index (χ0) is 28.2. The summed E-state index contributed by atoms with van der Waals surface area (Å²) >= 11 is 3.58. The third-order valence-electron chi connectivity index (χ3n) is 7.11. The van der Waals surface area contributed by atoms with Gasteiger partial charge in [0, 0.05) is 55.9 Å². The van der Waals surface area contributed by atoms with Crippen LogP contribution in [0.5, 0.6) is 11.5 Å². The van der Waals surface area contributed by atoms with E-state index in [1.165, 1.54) is 23.2 Å². The van der Waals surface area contributed by atoms with Gasteiger partial charge in [-0.05, 0) is 47.7 Å². The number of likely N-dealkylation sites (N-methyl/N-ethyl adjacent to an activating group) is 1. The molecule has 1 aliphatic rings. The first-order valence-corrected chi connectivity index (χ1v) is 15.0. The largest absolute Gasteiger partial charge is 0.496 e. The topological polar surface area (TPSA) is 105 Å². The van der Waals surface area contributed by atoms with Crippen molar-refractivity contribution in [2.24, 2.45) is 0 Å². The van der Waals surface area contributed by atoms with Gasteiger partial charge in [-0.25, -0.2) is 15.0 Å². The first-order valence-electron chi connectivity index (χ1n) is 13.0. The number of rotatable bonds is 9. The number of nitrogens with one attached hydrogen (secondary N) is 2. The van der Waals surface area contributed by atoms with E-state index in [2.05, 4.69) is 71.0 Å². The van der Waals surface area contributed by atoms with Crippen LogP contribution in [-0.4, -0.2) is 77.6 Å². The van der Waals surface area contributed by atoms with Crippen molar-refractivity contribution in [1.82, 2.24) is 24.8 Å². The minimum Gasteiger partial charge on any atom is -0.496 e. The van der Waals surface area contributed by atoms with Crippen LogP contribution in [0.3, 0.4) is 0 Å². The van der Waals surface area contributed by atoms with Gasteiger partial charge in [-0.15, -0.1) is 11.3 Å². The normalized spacial score (nSPS) is 14.3. The van der Waals surface area contributed by atoms with Gasteiger partial charge >= 0.3 is 0 Å². The second-order valence-electron chi connectivity index (χ2n) is 9.49. The third-order valence-corrected chi connectivity index (χ3v) is 9.16. The molecular formula is C28H32IN7O3S. The molecule has 5 rings (SSSR count). The summed E-state index contributed by atoms with van der Waals surface area (Å²) in [5, 5.41) is 8.14. The number of benzene rings is 1. The van der Waals surface area contributed by atoms with Crippen molar-refractivity contribution in [2.75, 3.05) is 57.6 Å². The van der Waals surface area contributed by atoms with E-state index in [0.29, 0.717) is 39.9 Å². The standard InChI is InChI=1S/C28H32IN7O3S/c1-5-35-8-10-36(11-9-35)14-18-6-7-22(30-13-18)33-27-26-25(31-16-32-27)19(15-40-26)28(37)34-24-17(2)20(38-3)12-21(39-4)23(24)29/h6-7,12-13,15-16H,5,8-11,14H2,1-4H3,(H,34,37)(H,30,31,32,33). The molecule has 1 amide bonds. The molecule has 4 aromatic rings. The highest BCUT2D eigenvalue weighted by Gasteiger charge is 2.22. The maximum atomic E-state index is 13.4. The summed E-state index contributed by atoms with van der Waals surface area (Å²) in [6.45, 7) is 10.5. The van der Waals surface area contributed by atoms with Crippen LogP contribution in [0, 0.1) is 10.5 Å². The molecular weight excluding hydrogens is 641 g/mol. The molecule has 210 valence electrons. The maximum Gasteiger partial charge on any atom is 0.258 e. The Labute approximate surface area is 251 Å². The highest BCUT2D eigenvalue weighted by atomic mass is 127. The van der Waals surface area contributed by atoms with E-state index < -0.39 is 0 Å². The summed E-state index contributed by atoms with van der Waals surface area (Å²) in [6, 6.07) is 5.87. The van der Waals surface area contributed by atoms with Crippen LogP contribution in [0.2, 0.25) is 0 Å². The molecule has 0 saturated carbocycles. The number of hydrogen-bond donors (Lipinski definition) is 2. The van der Waals surface area contributed by atoms with Gasteiger partial charge in [0.2, 0.25) is 0 Å². The summed E-state index contributed by atoms with van der Waals surface area (Å²) < 4.78 is 12.5. The third kappa shape index (κ3) is 5.99. The number of aromatic nitrogens is 3. The Hall–Kier alpha value is -3.07. The molecule has 1 aliphatic heterocycles. The average Bonchev–Trinajstić information content (AvgIpc) is 3.42. The van der Waals surface area contributed by atoms with Gasteiger partial charge in [-0.1, -0.05) is 13.0 Å². The Morgan fingerprint density at radius 1 is 1.07 bits per heavy atom. The molecule has 12 heteroatoms. The smallest absolute Gasteiger partial charge is 0.258 e. The van der Waals surface area contributed by atoms with E-state index in [1.54, 1.807) is 19.6 Å². The van der Waals surface area contributed by atoms with Crippen LogP contribution in [0.15, 0.2) is 36.1 Å². The first kappa shape index (κ1) is 28.5. The van der Waals surface area contributed by atoms with E-state index in [-0.39, 0.29) is 5.91 Å². The highest BCUT2D eigenvalue weighted by molar-refractivity contribution is 14.1. The Morgan fingerprint density at radius 3 is 2.50 bits per heavy atom. The lowest BCUT2D eigenvalue weighted by Gasteiger charge is -2.33. The van der Waals surface area contributed by atoms with E-state index in [4.69, 9.17) is 9.47 Å². The van der Waals surface area contributed by atoms with Crippen LogP contribution in [0.25, 0.3) is 10.2 Å². The number of ether oxygens (including phenoxy) is 2. The van der Waals surface area contributed by atoms with Crippen molar-refractivity contribution < 1.29 is 14.3 Å². The minimum atomic E-state index is -0.269. The molecule has 10 nitrogen and oxygen atoms in total. The summed E-state index contributed by atoms with van der Waals surface area (Å²) in [7, 11) is 3.18. The number of carbonyl (C=O) groups is 1. The lowest BCUT2D eigenvalue weighted by atomic mass is 10.1. The molecule has 1 fully saturated rings. The summed E-state index contributed by atoms with van der Waals surface area (Å²) in [4.78, 5) is 31.8. The van der Waals surface area contributed by atoms with Gasteiger partial charge in [0.15, 0.2) is 5.82 Å². The molecule has 0 unspecified atom stereocenters. The fourth-order valence-electron chi connectivity index (χ4n) is 4.73. The number of piperazine rings is 1. The van der Waals surface area contributed by atoms with Crippen LogP contribution < -0.4 is 20.1 Å². The summed E-state index contributed by atoms with van der Waals surface area (Å²) in [6.07, 6.45) is 3.37. The predicted octanol–water partition coefficient (Wildman–Crippen LogP) is 5.15. The number of pyridine rings is 1. The maximum absolute atomic E-state index is 13.4. The number of fused-ring (bicyclic) bond motifs is 1. The van der Waals surface area contributed by atoms with Gasteiger partial charge in [0.05, 0.1) is 39.3 Å². The summed E-state index contributed by atoms with van der Waals surface area (Å²) in [5.74, 6) is 2.29. The summed E-state index contributed by atoms with van der Waals surface area (Å²) in [5.41, 5.74) is 3.68. The number of anilines is 3. The van der Waals surface area contributed by atoms with E-state index >= 15 is 0 Å². The Kier molecular flexibility index (Phi) is 8.98. The SMILES string of the molecule is CCN1CCN(Cc2ccc(Nc3ncnc4c(C(=O)Nc5c(C)c(OC)cc(OC)c5I)csc34)nc2)CC1. The van der Waals surface area contributed by atoms with Crippen LogP contribution in [0.4, 0.5) is 17.3 Å². The quantitative estimate of drug-likeness (QED) is 0.234. The second-order valence-corrected chi connectivity index (χ2v) is 11.4. The van der Waals surface area contributed by atoms with E-state index in [0.717, 1.165) is 53.1 Å². The van der Waals surface area contributed by atoms with Crippen molar-refractivity contribution in [1.29, 1.82) is 0 Å². The lowest BCUT2D eigenvalue weighted by molar-refractivity contribution is 0.102. The van der Waals surface area contributed by atoms with Gasteiger partial charge in [0.1, 0.15) is 23.6 Å². The number of carbonyl (C=O) groups excluding carboxylic acids is 1. The van der Waals surface area contributed by atoms with Crippen molar-refractivity contribution in [3.8, 4) is 11.5 Å². The van der Waals surface area contributed by atoms with Gasteiger partial charge in [-0.3, -0.25) is 9.69 Å². The highest BCUT2D eigenvalue weighted by Crippen LogP contribution is 2.39.